The van der Waals surface area contributed by atoms with E-state index >= 15 is 0 Å². The molecule has 0 bridgehead atoms. The summed E-state index contributed by atoms with van der Waals surface area (Å²) in [5, 5.41) is 15.6. The number of carbonyl (C=O) groups excluding carboxylic acids is 1. The molecule has 1 saturated carbocycles. The van der Waals surface area contributed by atoms with Gasteiger partial charge in [-0.3, -0.25) is 9.59 Å². The predicted molar refractivity (Wildman–Crippen MR) is 76.4 cm³/mol. The third-order valence-corrected chi connectivity index (χ3v) is 4.71. The fraction of sp³-hybridized carbons (Fsp3) is 0.867. The van der Waals surface area contributed by atoms with Gasteiger partial charge in [-0.05, 0) is 45.1 Å². The van der Waals surface area contributed by atoms with Crippen LogP contribution in [0.3, 0.4) is 0 Å². The zero-order chi connectivity index (χ0) is 14.6. The Labute approximate surface area is 120 Å². The smallest absolute Gasteiger partial charge is 0.306 e. The molecule has 0 aromatic rings. The highest BCUT2D eigenvalue weighted by Crippen LogP contribution is 2.28. The zero-order valence-corrected chi connectivity index (χ0v) is 12.3. The second-order valence-corrected chi connectivity index (χ2v) is 6.23. The minimum atomic E-state index is -0.730. The lowest BCUT2D eigenvalue weighted by Crippen LogP contribution is -2.56. The molecule has 0 radical (unpaired) electrons. The van der Waals surface area contributed by atoms with E-state index < -0.39 is 11.5 Å². The third-order valence-electron chi connectivity index (χ3n) is 4.71. The second-order valence-electron chi connectivity index (χ2n) is 6.23. The largest absolute Gasteiger partial charge is 0.481 e. The van der Waals surface area contributed by atoms with Crippen molar-refractivity contribution in [3.05, 3.63) is 0 Å². The lowest BCUT2D eigenvalue weighted by Gasteiger charge is -2.33. The molecule has 5 nitrogen and oxygen atoms in total. The van der Waals surface area contributed by atoms with Crippen molar-refractivity contribution in [3.8, 4) is 0 Å². The van der Waals surface area contributed by atoms with Crippen molar-refractivity contribution >= 4 is 11.9 Å². The van der Waals surface area contributed by atoms with E-state index in [4.69, 9.17) is 5.11 Å². The first-order valence-electron chi connectivity index (χ1n) is 7.86. The molecule has 0 spiro atoms. The Bertz CT molecular complexity index is 364. The van der Waals surface area contributed by atoms with Crippen molar-refractivity contribution in [2.45, 2.75) is 69.9 Å². The maximum absolute atomic E-state index is 12.6. The van der Waals surface area contributed by atoms with Crippen molar-refractivity contribution in [1.29, 1.82) is 0 Å². The number of carboxylic acids is 1. The van der Waals surface area contributed by atoms with Gasteiger partial charge >= 0.3 is 5.97 Å². The summed E-state index contributed by atoms with van der Waals surface area (Å²) in [6, 6.07) is 0.0217. The topological polar surface area (TPSA) is 78.4 Å². The van der Waals surface area contributed by atoms with Crippen LogP contribution in [0.15, 0.2) is 0 Å². The standard InChI is InChI=1S/C15H26N2O3/c1-2-7-15(8-4-9-16-15)14(20)17-12-6-3-5-11(10-12)13(18)19/h11-12,16H,2-10H2,1H3,(H,17,20)(H,18,19). The number of carboxylic acid groups (broad SMARTS) is 1. The number of carbonyl (C=O) groups is 2. The average molecular weight is 282 g/mol. The van der Waals surface area contributed by atoms with Crippen LogP contribution in [0.25, 0.3) is 0 Å². The number of aliphatic carboxylic acids is 1. The van der Waals surface area contributed by atoms with Crippen LogP contribution in [-0.4, -0.2) is 35.1 Å². The number of amides is 1. The van der Waals surface area contributed by atoms with Gasteiger partial charge in [0.2, 0.25) is 5.91 Å². The summed E-state index contributed by atoms with van der Waals surface area (Å²) in [6.07, 6.45) is 6.85. The van der Waals surface area contributed by atoms with Crippen molar-refractivity contribution in [3.63, 3.8) is 0 Å². The number of rotatable bonds is 5. The first-order valence-corrected chi connectivity index (χ1v) is 7.86. The molecule has 3 unspecified atom stereocenters. The Hall–Kier alpha value is -1.10. The molecule has 1 aliphatic carbocycles. The van der Waals surface area contributed by atoms with Gasteiger partial charge < -0.3 is 15.7 Å². The highest BCUT2D eigenvalue weighted by molar-refractivity contribution is 5.87. The molecule has 3 N–H and O–H groups in total. The van der Waals surface area contributed by atoms with Gasteiger partial charge in [0.05, 0.1) is 11.5 Å². The van der Waals surface area contributed by atoms with Gasteiger partial charge in [0.15, 0.2) is 0 Å². The molecule has 5 heteroatoms. The molecule has 114 valence electrons. The molecular formula is C15H26N2O3. The molecule has 20 heavy (non-hydrogen) atoms. The Balaban J connectivity index is 1.94. The maximum Gasteiger partial charge on any atom is 0.306 e. The van der Waals surface area contributed by atoms with Crippen LogP contribution < -0.4 is 10.6 Å². The molecule has 0 aromatic carbocycles. The summed E-state index contributed by atoms with van der Waals surface area (Å²) < 4.78 is 0. The van der Waals surface area contributed by atoms with E-state index in [-0.39, 0.29) is 17.9 Å². The van der Waals surface area contributed by atoms with E-state index in [1.165, 1.54) is 0 Å². The van der Waals surface area contributed by atoms with E-state index in [1.54, 1.807) is 0 Å². The molecule has 1 saturated heterocycles. The quantitative estimate of drug-likeness (QED) is 0.716. The Morgan fingerprint density at radius 1 is 1.35 bits per heavy atom. The van der Waals surface area contributed by atoms with E-state index in [1.807, 2.05) is 0 Å². The summed E-state index contributed by atoms with van der Waals surface area (Å²) in [5.74, 6) is -0.952. The van der Waals surface area contributed by atoms with Gasteiger partial charge in [0.25, 0.3) is 0 Å². The summed E-state index contributed by atoms with van der Waals surface area (Å²) in [6.45, 7) is 2.99. The molecule has 2 fully saturated rings. The van der Waals surface area contributed by atoms with Crippen molar-refractivity contribution in [2.75, 3.05) is 6.54 Å². The van der Waals surface area contributed by atoms with Crippen molar-refractivity contribution in [1.82, 2.24) is 10.6 Å². The lowest BCUT2D eigenvalue weighted by molar-refractivity contribution is -0.143. The SMILES string of the molecule is CCCC1(C(=O)NC2CCCC(C(=O)O)C2)CCCN1. The summed E-state index contributed by atoms with van der Waals surface area (Å²) in [7, 11) is 0. The third kappa shape index (κ3) is 3.32. The van der Waals surface area contributed by atoms with Gasteiger partial charge in [-0.25, -0.2) is 0 Å². The van der Waals surface area contributed by atoms with E-state index in [9.17, 15) is 9.59 Å². The van der Waals surface area contributed by atoms with Crippen LogP contribution in [0.4, 0.5) is 0 Å². The van der Waals surface area contributed by atoms with Crippen LogP contribution >= 0.6 is 0 Å². The van der Waals surface area contributed by atoms with E-state index in [0.29, 0.717) is 6.42 Å². The normalized spacial score (nSPS) is 33.9. The van der Waals surface area contributed by atoms with Gasteiger partial charge in [0, 0.05) is 6.04 Å². The average Bonchev–Trinajstić information content (AvgIpc) is 2.89. The Kier molecular flexibility index (Phi) is 5.02. The Morgan fingerprint density at radius 2 is 2.15 bits per heavy atom. The van der Waals surface area contributed by atoms with Crippen LogP contribution in [0, 0.1) is 5.92 Å². The van der Waals surface area contributed by atoms with Crippen molar-refractivity contribution < 1.29 is 14.7 Å². The Morgan fingerprint density at radius 3 is 2.75 bits per heavy atom. The molecular weight excluding hydrogens is 256 g/mol. The molecule has 1 aliphatic heterocycles. The van der Waals surface area contributed by atoms with Gasteiger partial charge in [-0.15, -0.1) is 0 Å². The zero-order valence-electron chi connectivity index (χ0n) is 12.3. The number of hydrogen-bond donors (Lipinski definition) is 3. The molecule has 1 amide bonds. The van der Waals surface area contributed by atoms with Crippen LogP contribution in [0.1, 0.15) is 58.3 Å². The first kappa shape index (κ1) is 15.3. The van der Waals surface area contributed by atoms with Crippen LogP contribution in [0.2, 0.25) is 0 Å². The molecule has 2 aliphatic rings. The molecule has 2 rings (SSSR count). The van der Waals surface area contributed by atoms with Gasteiger partial charge in [-0.2, -0.15) is 0 Å². The summed E-state index contributed by atoms with van der Waals surface area (Å²) in [4.78, 5) is 23.7. The fourth-order valence-electron chi connectivity index (χ4n) is 3.62. The highest BCUT2D eigenvalue weighted by Gasteiger charge is 2.41. The minimum Gasteiger partial charge on any atom is -0.481 e. The van der Waals surface area contributed by atoms with Gasteiger partial charge in [-0.1, -0.05) is 19.8 Å². The predicted octanol–water partition coefficient (Wildman–Crippen LogP) is 1.67. The second kappa shape index (κ2) is 6.57. The maximum atomic E-state index is 12.6. The van der Waals surface area contributed by atoms with E-state index in [0.717, 1.165) is 51.5 Å². The first-order chi connectivity index (χ1) is 9.57. The molecule has 0 aromatic heterocycles. The molecule has 3 atom stereocenters. The van der Waals surface area contributed by atoms with Crippen LogP contribution in [0.5, 0.6) is 0 Å². The van der Waals surface area contributed by atoms with Gasteiger partial charge in [0.1, 0.15) is 0 Å². The minimum absolute atomic E-state index is 0.0217. The number of nitrogens with one attached hydrogen (secondary N) is 2. The number of hydrogen-bond acceptors (Lipinski definition) is 3. The lowest BCUT2D eigenvalue weighted by atomic mass is 9.84. The van der Waals surface area contributed by atoms with E-state index in [2.05, 4.69) is 17.6 Å². The van der Waals surface area contributed by atoms with Crippen molar-refractivity contribution in [2.24, 2.45) is 5.92 Å². The highest BCUT2D eigenvalue weighted by atomic mass is 16.4. The summed E-state index contributed by atoms with van der Waals surface area (Å²) in [5.41, 5.74) is -0.412. The fourth-order valence-corrected chi connectivity index (χ4v) is 3.62. The van der Waals surface area contributed by atoms with Crippen LogP contribution in [-0.2, 0) is 9.59 Å². The monoisotopic (exact) mass is 282 g/mol. The molecule has 1 heterocycles. The summed E-state index contributed by atoms with van der Waals surface area (Å²) >= 11 is 0.